The number of fused-ring (bicyclic) bond motifs is 1. The predicted molar refractivity (Wildman–Crippen MR) is 114 cm³/mol. The number of carbonyl (C=O) groups excluding carboxylic acids is 2. The van der Waals surface area contributed by atoms with Crippen LogP contribution in [0.3, 0.4) is 0 Å². The highest BCUT2D eigenvalue weighted by molar-refractivity contribution is 5.94. The van der Waals surface area contributed by atoms with Gasteiger partial charge in [-0.1, -0.05) is 0 Å². The van der Waals surface area contributed by atoms with Crippen molar-refractivity contribution in [2.45, 2.75) is 38.7 Å². The molecular formula is C22H22F3N5O5. The molecule has 0 saturated carbocycles. The summed E-state index contributed by atoms with van der Waals surface area (Å²) in [6.45, 7) is 3.11. The molecule has 0 fully saturated rings. The monoisotopic (exact) mass is 493 g/mol. The fourth-order valence-corrected chi connectivity index (χ4v) is 3.43. The zero-order chi connectivity index (χ0) is 25.6. The molecule has 0 radical (unpaired) electrons. The Morgan fingerprint density at radius 2 is 2.00 bits per heavy atom. The van der Waals surface area contributed by atoms with Gasteiger partial charge in [-0.05, 0) is 36.8 Å². The average molecular weight is 493 g/mol. The van der Waals surface area contributed by atoms with E-state index in [9.17, 15) is 22.8 Å². The van der Waals surface area contributed by atoms with E-state index in [1.165, 1.54) is 0 Å². The Bertz CT molecular complexity index is 1180. The number of carbonyl (C=O) groups is 3. The van der Waals surface area contributed by atoms with Gasteiger partial charge < -0.3 is 19.7 Å². The number of hydrogen-bond acceptors (Lipinski definition) is 6. The highest BCUT2D eigenvalue weighted by atomic mass is 19.4. The first-order chi connectivity index (χ1) is 16.5. The number of carboxylic acids is 1. The number of furan rings is 1. The van der Waals surface area contributed by atoms with Crippen molar-refractivity contribution < 1.29 is 37.1 Å². The number of carboxylic acid groups (broad SMARTS) is 1. The lowest BCUT2D eigenvalue weighted by Gasteiger charge is -2.33. The van der Waals surface area contributed by atoms with Crippen LogP contribution in [0.2, 0.25) is 0 Å². The molecule has 3 aromatic rings. The lowest BCUT2D eigenvalue weighted by molar-refractivity contribution is -0.192. The van der Waals surface area contributed by atoms with Gasteiger partial charge in [0.25, 0.3) is 5.91 Å². The Hall–Kier alpha value is -4.16. The molecule has 0 aliphatic carbocycles. The zero-order valence-electron chi connectivity index (χ0n) is 18.5. The fraction of sp³-hybridized carbons (Fsp3) is 0.318. The van der Waals surface area contributed by atoms with Crippen LogP contribution in [-0.4, -0.2) is 55.3 Å². The average Bonchev–Trinajstić information content (AvgIpc) is 3.49. The molecule has 2 amide bonds. The van der Waals surface area contributed by atoms with Crippen molar-refractivity contribution in [3.8, 4) is 0 Å². The van der Waals surface area contributed by atoms with Gasteiger partial charge in [-0.15, -0.1) is 0 Å². The van der Waals surface area contributed by atoms with Gasteiger partial charge in [0, 0.05) is 25.1 Å². The summed E-state index contributed by atoms with van der Waals surface area (Å²) in [6.07, 6.45) is 1.71. The summed E-state index contributed by atoms with van der Waals surface area (Å²) < 4.78 is 38.8. The van der Waals surface area contributed by atoms with E-state index in [-0.39, 0.29) is 24.3 Å². The number of nitrogens with zero attached hydrogens (tertiary/aromatic N) is 4. The second-order valence-electron chi connectivity index (χ2n) is 7.72. The topological polar surface area (TPSA) is 131 Å². The van der Waals surface area contributed by atoms with E-state index in [1.807, 2.05) is 29.8 Å². The van der Waals surface area contributed by atoms with Crippen molar-refractivity contribution in [3.05, 3.63) is 71.7 Å². The number of aryl methyl sites for hydroxylation is 1. The third-order valence-corrected chi connectivity index (χ3v) is 4.99. The van der Waals surface area contributed by atoms with Gasteiger partial charge in [-0.3, -0.25) is 19.3 Å². The Morgan fingerprint density at radius 1 is 1.26 bits per heavy atom. The summed E-state index contributed by atoms with van der Waals surface area (Å²) in [5, 5.41) is 14.3. The van der Waals surface area contributed by atoms with E-state index in [0.29, 0.717) is 31.0 Å². The van der Waals surface area contributed by atoms with Crippen LogP contribution < -0.4 is 5.32 Å². The number of alkyl halides is 3. The molecule has 35 heavy (non-hydrogen) atoms. The van der Waals surface area contributed by atoms with Crippen LogP contribution in [0.5, 0.6) is 0 Å². The molecule has 0 spiro atoms. The smallest absolute Gasteiger partial charge is 0.475 e. The van der Waals surface area contributed by atoms with Crippen molar-refractivity contribution in [2.75, 3.05) is 6.54 Å². The van der Waals surface area contributed by atoms with Gasteiger partial charge in [-0.25, -0.2) is 4.79 Å². The van der Waals surface area contributed by atoms with Crippen LogP contribution in [0, 0.1) is 6.92 Å². The number of rotatable bonds is 5. The molecule has 0 saturated heterocycles. The van der Waals surface area contributed by atoms with Gasteiger partial charge in [0.05, 0.1) is 43.1 Å². The van der Waals surface area contributed by atoms with Crippen LogP contribution in [0.15, 0.2) is 53.5 Å². The van der Waals surface area contributed by atoms with E-state index in [0.717, 1.165) is 11.3 Å². The Labute approximate surface area is 197 Å². The number of aliphatic carboxylic acids is 1. The van der Waals surface area contributed by atoms with Crippen molar-refractivity contribution in [1.82, 2.24) is 25.0 Å². The third kappa shape index (κ3) is 6.91. The second kappa shape index (κ2) is 10.8. The molecule has 0 bridgehead atoms. The maximum atomic E-state index is 12.9. The molecule has 3 aromatic heterocycles. The van der Waals surface area contributed by atoms with Crippen molar-refractivity contribution in [1.29, 1.82) is 0 Å². The highest BCUT2D eigenvalue weighted by Gasteiger charge is 2.38. The molecule has 1 aliphatic rings. The minimum Gasteiger partial charge on any atom is -0.475 e. The molecule has 10 nitrogen and oxygen atoms in total. The Morgan fingerprint density at radius 3 is 2.63 bits per heavy atom. The third-order valence-electron chi connectivity index (χ3n) is 4.99. The summed E-state index contributed by atoms with van der Waals surface area (Å²) in [7, 11) is 0. The highest BCUT2D eigenvalue weighted by Crippen LogP contribution is 2.24. The van der Waals surface area contributed by atoms with Crippen LogP contribution in [0.1, 0.15) is 39.8 Å². The van der Waals surface area contributed by atoms with Gasteiger partial charge in [0.2, 0.25) is 5.91 Å². The SMILES string of the molecule is Cc1cncc(C(=O)N2Cc3ccnn3C(CC(=O)NCc3ccco3)C2)c1.O=C(O)C(F)(F)F. The Balaban J connectivity index is 0.000000429. The largest absolute Gasteiger partial charge is 0.490 e. The molecule has 1 atom stereocenters. The predicted octanol–water partition coefficient (Wildman–Crippen LogP) is 2.72. The van der Waals surface area contributed by atoms with E-state index >= 15 is 0 Å². The van der Waals surface area contributed by atoms with Crippen molar-refractivity contribution in [3.63, 3.8) is 0 Å². The number of nitrogens with one attached hydrogen (secondary N) is 1. The first-order valence-corrected chi connectivity index (χ1v) is 10.4. The van der Waals surface area contributed by atoms with Crippen molar-refractivity contribution >= 4 is 17.8 Å². The molecule has 1 unspecified atom stereocenters. The number of hydrogen-bond donors (Lipinski definition) is 2. The molecule has 1 aliphatic heterocycles. The van der Waals surface area contributed by atoms with Crippen LogP contribution >= 0.6 is 0 Å². The van der Waals surface area contributed by atoms with Gasteiger partial charge in [0.1, 0.15) is 5.76 Å². The number of pyridine rings is 1. The van der Waals surface area contributed by atoms with E-state index in [1.54, 1.807) is 35.8 Å². The van der Waals surface area contributed by atoms with Gasteiger partial charge in [0.15, 0.2) is 0 Å². The van der Waals surface area contributed by atoms with Gasteiger partial charge >= 0.3 is 12.1 Å². The quantitative estimate of drug-likeness (QED) is 0.559. The molecule has 4 rings (SSSR count). The first kappa shape index (κ1) is 25.5. The molecule has 186 valence electrons. The fourth-order valence-electron chi connectivity index (χ4n) is 3.43. The summed E-state index contributed by atoms with van der Waals surface area (Å²) in [6, 6.07) is 7.07. The number of amides is 2. The standard InChI is InChI=1S/C20H21N5O3.C2HF3O2/c1-14-7-15(10-21-9-14)20(27)24-12-16-4-5-23-25(16)17(13-24)8-19(26)22-11-18-3-2-6-28-18;3-2(4,5)1(6)7/h2-7,9-10,17H,8,11-13H2,1H3,(H,22,26);(H,6,7). The summed E-state index contributed by atoms with van der Waals surface area (Å²) >= 11 is 0. The second-order valence-corrected chi connectivity index (χ2v) is 7.72. The lowest BCUT2D eigenvalue weighted by Crippen LogP contribution is -2.43. The molecule has 0 aromatic carbocycles. The van der Waals surface area contributed by atoms with Crippen molar-refractivity contribution in [2.24, 2.45) is 0 Å². The summed E-state index contributed by atoms with van der Waals surface area (Å²) in [5.74, 6) is -2.27. The van der Waals surface area contributed by atoms with E-state index in [2.05, 4.69) is 15.4 Å². The summed E-state index contributed by atoms with van der Waals surface area (Å²) in [5.41, 5.74) is 2.39. The molecular weight excluding hydrogens is 471 g/mol. The zero-order valence-corrected chi connectivity index (χ0v) is 18.5. The summed E-state index contributed by atoms with van der Waals surface area (Å²) in [4.78, 5) is 40.1. The normalized spacial score (nSPS) is 15.0. The van der Waals surface area contributed by atoms with E-state index < -0.39 is 12.1 Å². The number of halogens is 3. The van der Waals surface area contributed by atoms with Crippen LogP contribution in [0.25, 0.3) is 0 Å². The first-order valence-electron chi connectivity index (χ1n) is 10.4. The molecule has 13 heteroatoms. The number of aromatic nitrogens is 3. The minimum atomic E-state index is -5.08. The van der Waals surface area contributed by atoms with Gasteiger partial charge in [-0.2, -0.15) is 18.3 Å². The molecule has 2 N–H and O–H groups in total. The maximum absolute atomic E-state index is 12.9. The lowest BCUT2D eigenvalue weighted by atomic mass is 10.1. The Kier molecular flexibility index (Phi) is 7.89. The van der Waals surface area contributed by atoms with Crippen LogP contribution in [-0.2, 0) is 22.7 Å². The van der Waals surface area contributed by atoms with E-state index in [4.69, 9.17) is 14.3 Å². The maximum Gasteiger partial charge on any atom is 0.490 e. The minimum absolute atomic E-state index is 0.0929. The van der Waals surface area contributed by atoms with Crippen LogP contribution in [0.4, 0.5) is 13.2 Å². The molecule has 4 heterocycles.